The standard InChI is InChI=1S/C19H34O2/c1-8-15-12-16(9-2)17(13-15)14-21-19(6,7)10-11-20-18(3,4)5/h8-9,15-17H,1-2,10-14H2,3-7H3. The maximum Gasteiger partial charge on any atom is 0.0648 e. The predicted octanol–water partition coefficient (Wildman–Crippen LogP) is 5.00. The molecule has 122 valence electrons. The molecule has 0 heterocycles. The summed E-state index contributed by atoms with van der Waals surface area (Å²) >= 11 is 0. The maximum atomic E-state index is 6.19. The van der Waals surface area contributed by atoms with Crippen LogP contribution in [0.4, 0.5) is 0 Å². The van der Waals surface area contributed by atoms with Crippen LogP contribution >= 0.6 is 0 Å². The lowest BCUT2D eigenvalue weighted by Gasteiger charge is -2.30. The highest BCUT2D eigenvalue weighted by Gasteiger charge is 2.32. The van der Waals surface area contributed by atoms with Crippen LogP contribution in [-0.2, 0) is 9.47 Å². The van der Waals surface area contributed by atoms with Gasteiger partial charge >= 0.3 is 0 Å². The second kappa shape index (κ2) is 7.60. The predicted molar refractivity (Wildman–Crippen MR) is 90.5 cm³/mol. The van der Waals surface area contributed by atoms with E-state index in [1.807, 2.05) is 0 Å². The molecule has 0 aliphatic heterocycles. The summed E-state index contributed by atoms with van der Waals surface area (Å²) in [6.45, 7) is 20.0. The van der Waals surface area contributed by atoms with Crippen molar-refractivity contribution in [2.45, 2.75) is 65.1 Å². The number of allylic oxidation sites excluding steroid dienone is 2. The van der Waals surface area contributed by atoms with E-state index in [0.29, 0.717) is 17.8 Å². The fourth-order valence-electron chi connectivity index (χ4n) is 2.88. The Balaban J connectivity index is 2.38. The van der Waals surface area contributed by atoms with Crippen molar-refractivity contribution in [3.8, 4) is 0 Å². The van der Waals surface area contributed by atoms with E-state index in [1.165, 1.54) is 12.8 Å². The molecule has 3 unspecified atom stereocenters. The molecule has 21 heavy (non-hydrogen) atoms. The van der Waals surface area contributed by atoms with Crippen LogP contribution in [0.5, 0.6) is 0 Å². The Morgan fingerprint density at radius 2 is 1.67 bits per heavy atom. The fourth-order valence-corrected chi connectivity index (χ4v) is 2.88. The number of rotatable bonds is 8. The minimum atomic E-state index is -0.136. The summed E-state index contributed by atoms with van der Waals surface area (Å²) in [4.78, 5) is 0. The molecule has 2 heteroatoms. The topological polar surface area (TPSA) is 18.5 Å². The van der Waals surface area contributed by atoms with Crippen molar-refractivity contribution >= 4 is 0 Å². The monoisotopic (exact) mass is 294 g/mol. The number of hydrogen-bond acceptors (Lipinski definition) is 2. The van der Waals surface area contributed by atoms with Gasteiger partial charge in [0, 0.05) is 6.61 Å². The Kier molecular flexibility index (Phi) is 6.68. The van der Waals surface area contributed by atoms with Gasteiger partial charge in [-0.3, -0.25) is 0 Å². The van der Waals surface area contributed by atoms with Crippen molar-refractivity contribution in [3.05, 3.63) is 25.3 Å². The van der Waals surface area contributed by atoms with E-state index in [2.05, 4.69) is 59.9 Å². The zero-order chi connectivity index (χ0) is 16.1. The zero-order valence-electron chi connectivity index (χ0n) is 14.7. The van der Waals surface area contributed by atoms with Gasteiger partial charge in [-0.25, -0.2) is 0 Å². The summed E-state index contributed by atoms with van der Waals surface area (Å²) in [5, 5.41) is 0. The van der Waals surface area contributed by atoms with E-state index in [9.17, 15) is 0 Å². The second-order valence-electron chi connectivity index (χ2n) is 7.91. The first kappa shape index (κ1) is 18.4. The Bertz CT molecular complexity index is 338. The zero-order valence-corrected chi connectivity index (χ0v) is 14.7. The molecule has 2 nitrogen and oxygen atoms in total. The van der Waals surface area contributed by atoms with Crippen LogP contribution in [0, 0.1) is 17.8 Å². The molecule has 1 rings (SSSR count). The van der Waals surface area contributed by atoms with Gasteiger partial charge in [0.05, 0.1) is 17.8 Å². The van der Waals surface area contributed by atoms with E-state index in [4.69, 9.17) is 9.47 Å². The van der Waals surface area contributed by atoms with Crippen molar-refractivity contribution in [1.29, 1.82) is 0 Å². The molecule has 1 saturated carbocycles. The molecule has 0 amide bonds. The first-order valence-corrected chi connectivity index (χ1v) is 8.20. The van der Waals surface area contributed by atoms with Gasteiger partial charge in [-0.05, 0) is 71.6 Å². The molecule has 0 spiro atoms. The van der Waals surface area contributed by atoms with Gasteiger partial charge in [-0.2, -0.15) is 0 Å². The van der Waals surface area contributed by atoms with Gasteiger partial charge in [-0.1, -0.05) is 12.2 Å². The number of hydrogen-bond donors (Lipinski definition) is 0. The van der Waals surface area contributed by atoms with E-state index in [-0.39, 0.29) is 11.2 Å². The smallest absolute Gasteiger partial charge is 0.0648 e. The van der Waals surface area contributed by atoms with Gasteiger partial charge in [0.1, 0.15) is 0 Å². The van der Waals surface area contributed by atoms with Crippen molar-refractivity contribution < 1.29 is 9.47 Å². The fraction of sp³-hybridized carbons (Fsp3) is 0.789. The van der Waals surface area contributed by atoms with Crippen LogP contribution in [0.3, 0.4) is 0 Å². The molecule has 1 fully saturated rings. The third kappa shape index (κ3) is 6.80. The quantitative estimate of drug-likeness (QED) is 0.586. The molecular formula is C19H34O2. The lowest BCUT2D eigenvalue weighted by atomic mass is 9.96. The molecule has 3 atom stereocenters. The van der Waals surface area contributed by atoms with E-state index in [1.54, 1.807) is 0 Å². The normalized spacial score (nSPS) is 26.8. The second-order valence-corrected chi connectivity index (χ2v) is 7.91. The van der Waals surface area contributed by atoms with E-state index in [0.717, 1.165) is 19.6 Å². The van der Waals surface area contributed by atoms with Crippen LogP contribution in [0.15, 0.2) is 25.3 Å². The van der Waals surface area contributed by atoms with Crippen LogP contribution in [0.2, 0.25) is 0 Å². The molecule has 0 radical (unpaired) electrons. The number of ether oxygens (including phenoxy) is 2. The Morgan fingerprint density at radius 1 is 1.00 bits per heavy atom. The largest absolute Gasteiger partial charge is 0.376 e. The first-order valence-electron chi connectivity index (χ1n) is 8.20. The van der Waals surface area contributed by atoms with Gasteiger partial charge in [0.25, 0.3) is 0 Å². The molecule has 0 aromatic carbocycles. The molecule has 0 aromatic heterocycles. The van der Waals surface area contributed by atoms with Gasteiger partial charge < -0.3 is 9.47 Å². The highest BCUT2D eigenvalue weighted by molar-refractivity contribution is 4.98. The molecule has 1 aliphatic carbocycles. The minimum absolute atomic E-state index is 0.0767. The van der Waals surface area contributed by atoms with Crippen LogP contribution < -0.4 is 0 Å². The van der Waals surface area contributed by atoms with E-state index >= 15 is 0 Å². The third-order valence-electron chi connectivity index (χ3n) is 4.35. The average molecular weight is 294 g/mol. The third-order valence-corrected chi connectivity index (χ3v) is 4.35. The lowest BCUT2D eigenvalue weighted by Crippen LogP contribution is -2.31. The summed E-state index contributed by atoms with van der Waals surface area (Å²) in [6.07, 6.45) is 7.44. The molecule has 0 aromatic rings. The average Bonchev–Trinajstić information content (AvgIpc) is 2.77. The SMILES string of the molecule is C=CC1CC(C=C)C(COC(C)(C)CCOC(C)(C)C)C1. The van der Waals surface area contributed by atoms with Crippen molar-refractivity contribution in [1.82, 2.24) is 0 Å². The summed E-state index contributed by atoms with van der Waals surface area (Å²) in [5.41, 5.74) is -0.212. The van der Waals surface area contributed by atoms with Crippen LogP contribution in [-0.4, -0.2) is 24.4 Å². The Morgan fingerprint density at radius 3 is 2.19 bits per heavy atom. The Hall–Kier alpha value is -0.600. The molecule has 0 saturated heterocycles. The molecule has 0 bridgehead atoms. The van der Waals surface area contributed by atoms with Gasteiger partial charge in [-0.15, -0.1) is 13.2 Å². The molecule has 0 N–H and O–H groups in total. The van der Waals surface area contributed by atoms with Gasteiger partial charge in [0.2, 0.25) is 0 Å². The molecule has 1 aliphatic rings. The first-order chi connectivity index (χ1) is 9.67. The van der Waals surface area contributed by atoms with Gasteiger partial charge in [0.15, 0.2) is 0 Å². The van der Waals surface area contributed by atoms with Crippen molar-refractivity contribution in [2.24, 2.45) is 17.8 Å². The highest BCUT2D eigenvalue weighted by atomic mass is 16.5. The van der Waals surface area contributed by atoms with Crippen molar-refractivity contribution in [3.63, 3.8) is 0 Å². The lowest BCUT2D eigenvalue weighted by molar-refractivity contribution is -0.0769. The molecular weight excluding hydrogens is 260 g/mol. The van der Waals surface area contributed by atoms with E-state index < -0.39 is 0 Å². The minimum Gasteiger partial charge on any atom is -0.376 e. The maximum absolute atomic E-state index is 6.19. The van der Waals surface area contributed by atoms with Crippen molar-refractivity contribution in [2.75, 3.05) is 13.2 Å². The van der Waals surface area contributed by atoms with Crippen LogP contribution in [0.1, 0.15) is 53.9 Å². The summed E-state index contributed by atoms with van der Waals surface area (Å²) < 4.78 is 12.0. The Labute approximate surface area is 131 Å². The summed E-state index contributed by atoms with van der Waals surface area (Å²) in [6, 6.07) is 0. The summed E-state index contributed by atoms with van der Waals surface area (Å²) in [7, 11) is 0. The summed E-state index contributed by atoms with van der Waals surface area (Å²) in [5.74, 6) is 1.76. The van der Waals surface area contributed by atoms with Crippen LogP contribution in [0.25, 0.3) is 0 Å². The highest BCUT2D eigenvalue weighted by Crippen LogP contribution is 2.38.